The van der Waals surface area contributed by atoms with Crippen LogP contribution in [0.5, 0.6) is 0 Å². The van der Waals surface area contributed by atoms with Gasteiger partial charge in [-0.25, -0.2) is 4.79 Å². The molecule has 0 aliphatic carbocycles. The lowest BCUT2D eigenvalue weighted by atomic mass is 9.87. The van der Waals surface area contributed by atoms with Gasteiger partial charge < -0.3 is 10.1 Å². The lowest BCUT2D eigenvalue weighted by molar-refractivity contribution is -0.234. The summed E-state index contributed by atoms with van der Waals surface area (Å²) in [6, 6.07) is 0. The van der Waals surface area contributed by atoms with Gasteiger partial charge in [-0.1, -0.05) is 96.8 Å². The molecule has 4 nitrogen and oxygen atoms in total. The average Bonchev–Trinajstić information content (AvgIpc) is 2.72. The van der Waals surface area contributed by atoms with Gasteiger partial charge in [0.2, 0.25) is 0 Å². The van der Waals surface area contributed by atoms with Gasteiger partial charge in [0.25, 0.3) is 0 Å². The van der Waals surface area contributed by atoms with E-state index in [2.05, 4.69) is 12.2 Å². The standard InChI is InChI=1S/C26H49F3N2O2/c1-5-6-7-8-9-10-11-12-13-14-15-16-17-18-19-25(26(27,28)29)22-30-20-21-31(25)23(32)33-24(2,3)4/h30H,5-22H2,1-4H3. The molecule has 1 aliphatic heterocycles. The van der Waals surface area contributed by atoms with Crippen molar-refractivity contribution >= 4 is 6.09 Å². The highest BCUT2D eigenvalue weighted by atomic mass is 19.4. The maximum absolute atomic E-state index is 14.2. The SMILES string of the molecule is CCCCCCCCCCCCCCCCC1(C(F)(F)F)CNCCN1C(=O)OC(C)(C)C. The van der Waals surface area contributed by atoms with Crippen LogP contribution in [0.15, 0.2) is 0 Å². The van der Waals surface area contributed by atoms with E-state index in [9.17, 15) is 18.0 Å². The van der Waals surface area contributed by atoms with E-state index in [0.717, 1.165) is 30.6 Å². The largest absolute Gasteiger partial charge is 0.444 e. The van der Waals surface area contributed by atoms with Gasteiger partial charge in [0.1, 0.15) is 5.60 Å². The Bertz CT molecular complexity index is 535. The van der Waals surface area contributed by atoms with E-state index in [1.165, 1.54) is 57.8 Å². The van der Waals surface area contributed by atoms with Crippen LogP contribution >= 0.6 is 0 Å². The van der Waals surface area contributed by atoms with Crippen molar-refractivity contribution in [3.8, 4) is 0 Å². The second-order valence-electron chi connectivity index (χ2n) is 10.7. The fourth-order valence-corrected chi connectivity index (χ4v) is 4.61. The Hall–Kier alpha value is -0.980. The maximum Gasteiger partial charge on any atom is 0.413 e. The zero-order valence-electron chi connectivity index (χ0n) is 21.6. The van der Waals surface area contributed by atoms with Crippen LogP contribution < -0.4 is 5.32 Å². The molecule has 0 aromatic heterocycles. The lowest BCUT2D eigenvalue weighted by Gasteiger charge is -2.48. The number of nitrogens with zero attached hydrogens (tertiary/aromatic N) is 1. The first kappa shape index (κ1) is 30.1. The molecule has 1 aliphatic rings. The second-order valence-corrected chi connectivity index (χ2v) is 10.7. The van der Waals surface area contributed by atoms with E-state index < -0.39 is 23.4 Å². The molecule has 1 N–H and O–H groups in total. The summed E-state index contributed by atoms with van der Waals surface area (Å²) in [7, 11) is 0. The Labute approximate surface area is 200 Å². The number of hydrogen-bond donors (Lipinski definition) is 1. The minimum absolute atomic E-state index is 0.00697. The second kappa shape index (κ2) is 15.1. The molecule has 1 unspecified atom stereocenters. The van der Waals surface area contributed by atoms with Crippen LogP contribution in [-0.4, -0.2) is 47.9 Å². The summed E-state index contributed by atoms with van der Waals surface area (Å²) >= 11 is 0. The van der Waals surface area contributed by atoms with E-state index in [1.54, 1.807) is 20.8 Å². The highest BCUT2D eigenvalue weighted by Crippen LogP contribution is 2.41. The molecule has 0 aromatic carbocycles. The lowest BCUT2D eigenvalue weighted by Crippen LogP contribution is -2.70. The number of carbonyl (C=O) groups excluding carboxylic acids is 1. The molecule has 0 aromatic rings. The van der Waals surface area contributed by atoms with Crippen LogP contribution in [0.2, 0.25) is 0 Å². The third kappa shape index (κ3) is 11.3. The average molecular weight is 479 g/mol. The monoisotopic (exact) mass is 478 g/mol. The Kier molecular flexibility index (Phi) is 13.8. The van der Waals surface area contributed by atoms with Crippen LogP contribution in [-0.2, 0) is 4.74 Å². The van der Waals surface area contributed by atoms with Crippen molar-refractivity contribution in [2.45, 2.75) is 141 Å². The summed E-state index contributed by atoms with van der Waals surface area (Å²) in [5, 5.41) is 2.86. The first-order chi connectivity index (χ1) is 15.5. The highest BCUT2D eigenvalue weighted by Gasteiger charge is 2.60. The van der Waals surface area contributed by atoms with Gasteiger partial charge >= 0.3 is 12.3 Å². The van der Waals surface area contributed by atoms with E-state index in [-0.39, 0.29) is 19.5 Å². The molecule has 1 fully saturated rings. The quantitative estimate of drug-likeness (QED) is 0.242. The molecule has 1 heterocycles. The number of rotatable bonds is 15. The molecule has 0 spiro atoms. The number of hydrogen-bond acceptors (Lipinski definition) is 3. The molecule has 196 valence electrons. The minimum atomic E-state index is -4.51. The summed E-state index contributed by atoms with van der Waals surface area (Å²) in [5.74, 6) is 0. The van der Waals surface area contributed by atoms with E-state index in [4.69, 9.17) is 4.74 Å². The van der Waals surface area contributed by atoms with Crippen LogP contribution in [0.25, 0.3) is 0 Å². The topological polar surface area (TPSA) is 41.6 Å². The van der Waals surface area contributed by atoms with Crippen molar-refractivity contribution in [1.82, 2.24) is 10.2 Å². The van der Waals surface area contributed by atoms with Crippen molar-refractivity contribution in [3.05, 3.63) is 0 Å². The smallest absolute Gasteiger partial charge is 0.413 e. The van der Waals surface area contributed by atoms with Gasteiger partial charge in [-0.15, -0.1) is 0 Å². The summed E-state index contributed by atoms with van der Waals surface area (Å²) in [5.41, 5.74) is -3.01. The Balaban J connectivity index is 2.35. The molecule has 0 radical (unpaired) electrons. The maximum atomic E-state index is 14.2. The molecule has 1 saturated heterocycles. The first-order valence-electron chi connectivity index (χ1n) is 13.3. The Morgan fingerprint density at radius 2 is 1.30 bits per heavy atom. The molecule has 1 atom stereocenters. The molecule has 1 rings (SSSR count). The van der Waals surface area contributed by atoms with Crippen molar-refractivity contribution in [3.63, 3.8) is 0 Å². The third-order valence-corrected chi connectivity index (χ3v) is 6.53. The number of unbranched alkanes of at least 4 members (excludes halogenated alkanes) is 13. The molecular formula is C26H49F3N2O2. The molecule has 0 saturated carbocycles. The predicted molar refractivity (Wildman–Crippen MR) is 130 cm³/mol. The number of piperazine rings is 1. The fraction of sp³-hybridized carbons (Fsp3) is 0.962. The van der Waals surface area contributed by atoms with Gasteiger partial charge in [0.15, 0.2) is 5.54 Å². The number of ether oxygens (including phenoxy) is 1. The zero-order chi connectivity index (χ0) is 24.8. The molecular weight excluding hydrogens is 429 g/mol. The van der Waals surface area contributed by atoms with Crippen molar-refractivity contribution in [2.24, 2.45) is 0 Å². The van der Waals surface area contributed by atoms with Gasteiger partial charge in [-0.3, -0.25) is 4.90 Å². The predicted octanol–water partition coefficient (Wildman–Crippen LogP) is 8.00. The zero-order valence-corrected chi connectivity index (χ0v) is 21.6. The van der Waals surface area contributed by atoms with Crippen LogP contribution in [0.1, 0.15) is 124 Å². The molecule has 7 heteroatoms. The molecule has 1 amide bonds. The number of carbonyl (C=O) groups is 1. The van der Waals surface area contributed by atoms with Gasteiger partial charge in [-0.05, 0) is 27.2 Å². The first-order valence-corrected chi connectivity index (χ1v) is 13.3. The van der Waals surface area contributed by atoms with Gasteiger partial charge in [0, 0.05) is 19.6 Å². The van der Waals surface area contributed by atoms with Crippen LogP contribution in [0.4, 0.5) is 18.0 Å². The number of amides is 1. The van der Waals surface area contributed by atoms with Crippen molar-refractivity contribution < 1.29 is 22.7 Å². The van der Waals surface area contributed by atoms with Crippen molar-refractivity contribution in [1.29, 1.82) is 0 Å². The van der Waals surface area contributed by atoms with E-state index in [0.29, 0.717) is 13.0 Å². The third-order valence-electron chi connectivity index (χ3n) is 6.53. The van der Waals surface area contributed by atoms with Gasteiger partial charge in [0.05, 0.1) is 0 Å². The Morgan fingerprint density at radius 1 is 0.848 bits per heavy atom. The summed E-state index contributed by atoms with van der Waals surface area (Å²) in [6.07, 6.45) is 10.7. The Morgan fingerprint density at radius 3 is 1.73 bits per heavy atom. The number of nitrogens with one attached hydrogen (secondary N) is 1. The number of alkyl halides is 3. The van der Waals surface area contributed by atoms with Gasteiger partial charge in [-0.2, -0.15) is 13.2 Å². The molecule has 33 heavy (non-hydrogen) atoms. The van der Waals surface area contributed by atoms with E-state index >= 15 is 0 Å². The fourth-order valence-electron chi connectivity index (χ4n) is 4.61. The molecule has 0 bridgehead atoms. The van der Waals surface area contributed by atoms with Crippen LogP contribution in [0, 0.1) is 0 Å². The highest BCUT2D eigenvalue weighted by molar-refractivity contribution is 5.69. The summed E-state index contributed by atoms with van der Waals surface area (Å²) in [6.45, 7) is 7.35. The summed E-state index contributed by atoms with van der Waals surface area (Å²) < 4.78 is 48.0. The van der Waals surface area contributed by atoms with Crippen molar-refractivity contribution in [2.75, 3.05) is 19.6 Å². The van der Waals surface area contributed by atoms with E-state index in [1.807, 2.05) is 0 Å². The summed E-state index contributed by atoms with van der Waals surface area (Å²) in [4.78, 5) is 13.5. The normalized spacial score (nSPS) is 19.7. The number of halogens is 3. The minimum Gasteiger partial charge on any atom is -0.444 e. The van der Waals surface area contributed by atoms with Crippen LogP contribution in [0.3, 0.4) is 0 Å².